The van der Waals surface area contributed by atoms with Gasteiger partial charge in [0.25, 0.3) is 0 Å². The van der Waals surface area contributed by atoms with Gasteiger partial charge in [-0.15, -0.1) is 24.8 Å². The molecular formula is C30H46Cl2N2O. The van der Waals surface area contributed by atoms with Crippen molar-refractivity contribution < 1.29 is 4.74 Å². The van der Waals surface area contributed by atoms with E-state index < -0.39 is 0 Å². The summed E-state index contributed by atoms with van der Waals surface area (Å²) in [5, 5.41) is 3.87. The summed E-state index contributed by atoms with van der Waals surface area (Å²) in [7, 11) is 1.70. The van der Waals surface area contributed by atoms with E-state index in [4.69, 9.17) is 10.5 Å². The lowest BCUT2D eigenvalue weighted by Gasteiger charge is -2.52. The quantitative estimate of drug-likeness (QED) is 0.368. The van der Waals surface area contributed by atoms with Crippen molar-refractivity contribution in [1.29, 1.82) is 0 Å². The Hall–Kier alpha value is -1.26. The van der Waals surface area contributed by atoms with Crippen LogP contribution in [-0.2, 0) is 18.3 Å². The van der Waals surface area contributed by atoms with Gasteiger partial charge in [0.2, 0.25) is 0 Å². The molecule has 0 heterocycles. The molecule has 1 saturated carbocycles. The van der Waals surface area contributed by atoms with E-state index in [9.17, 15) is 0 Å². The first kappa shape index (κ1) is 30.0. The number of nitrogens with two attached hydrogens (primary N) is 1. The second-order valence-electron chi connectivity index (χ2n) is 10.8. The molecule has 0 saturated heterocycles. The van der Waals surface area contributed by atoms with Gasteiger partial charge in [-0.2, -0.15) is 0 Å². The smallest absolute Gasteiger partial charge is 0.118 e. The number of rotatable bonds is 9. The second-order valence-corrected chi connectivity index (χ2v) is 10.8. The average Bonchev–Trinajstić information content (AvgIpc) is 2.83. The summed E-state index contributed by atoms with van der Waals surface area (Å²) in [5.41, 5.74) is 12.8. The standard InChI is InChI=1S/C30H44N2O.2ClH/c1-5-7-22-9-15-27-24(20-22)12-16-28-26(8-6-18-30(27,28)3)21(2)32-19-17-29(31)23-10-13-25(33-4)14-11-23;;/h9-11,13-15,20-21,26,28-29,32H,5-8,12,16-19,31H2,1-4H3;2*1H. The SMILES string of the molecule is CCCc1ccc2c(c1)CCC1C(C(C)NCCC(N)c3ccc(OC)cc3)CCCC21C.Cl.Cl. The van der Waals surface area contributed by atoms with Gasteiger partial charge in [-0.1, -0.05) is 57.0 Å². The lowest BCUT2D eigenvalue weighted by Crippen LogP contribution is -2.50. The van der Waals surface area contributed by atoms with Crippen LogP contribution in [0.15, 0.2) is 42.5 Å². The molecule has 2 aliphatic rings. The van der Waals surface area contributed by atoms with E-state index in [-0.39, 0.29) is 30.9 Å². The zero-order valence-electron chi connectivity index (χ0n) is 22.0. The van der Waals surface area contributed by atoms with E-state index in [1.165, 1.54) is 56.1 Å². The first-order valence-corrected chi connectivity index (χ1v) is 13.2. The van der Waals surface area contributed by atoms with E-state index in [0.717, 1.165) is 30.6 Å². The van der Waals surface area contributed by atoms with E-state index in [1.54, 1.807) is 18.2 Å². The van der Waals surface area contributed by atoms with Crippen LogP contribution >= 0.6 is 24.8 Å². The summed E-state index contributed by atoms with van der Waals surface area (Å²) in [6.45, 7) is 8.22. The normalized spacial score (nSPS) is 24.7. The van der Waals surface area contributed by atoms with Gasteiger partial charge in [0.05, 0.1) is 7.11 Å². The van der Waals surface area contributed by atoms with E-state index in [2.05, 4.69) is 56.4 Å². The van der Waals surface area contributed by atoms with Crippen LogP contribution in [0.25, 0.3) is 0 Å². The van der Waals surface area contributed by atoms with Crippen molar-refractivity contribution >= 4 is 24.8 Å². The Labute approximate surface area is 225 Å². The van der Waals surface area contributed by atoms with Crippen LogP contribution in [0, 0.1) is 11.8 Å². The van der Waals surface area contributed by atoms with Crippen molar-refractivity contribution in [2.24, 2.45) is 17.6 Å². The van der Waals surface area contributed by atoms with Gasteiger partial charge in [0, 0.05) is 12.1 Å². The molecule has 196 valence electrons. The minimum Gasteiger partial charge on any atom is -0.497 e. The van der Waals surface area contributed by atoms with Crippen LogP contribution in [0.2, 0.25) is 0 Å². The van der Waals surface area contributed by atoms with Crippen LogP contribution in [0.4, 0.5) is 0 Å². The molecule has 35 heavy (non-hydrogen) atoms. The van der Waals surface area contributed by atoms with Gasteiger partial charge < -0.3 is 15.8 Å². The maximum absolute atomic E-state index is 6.48. The number of ether oxygens (including phenoxy) is 1. The Kier molecular flexibility index (Phi) is 11.4. The highest BCUT2D eigenvalue weighted by Gasteiger charge is 2.47. The van der Waals surface area contributed by atoms with Crippen molar-refractivity contribution in [2.45, 2.75) is 89.6 Å². The van der Waals surface area contributed by atoms with Gasteiger partial charge in [-0.25, -0.2) is 0 Å². The molecule has 3 N–H and O–H groups in total. The fraction of sp³-hybridized carbons (Fsp3) is 0.600. The number of aryl methyl sites for hydroxylation is 2. The minimum atomic E-state index is 0. The molecule has 0 amide bonds. The van der Waals surface area contributed by atoms with Crippen LogP contribution in [-0.4, -0.2) is 19.7 Å². The zero-order chi connectivity index (χ0) is 23.4. The number of nitrogens with one attached hydrogen (secondary N) is 1. The number of hydrogen-bond acceptors (Lipinski definition) is 3. The number of hydrogen-bond donors (Lipinski definition) is 2. The molecular weight excluding hydrogens is 475 g/mol. The highest BCUT2D eigenvalue weighted by atomic mass is 35.5. The molecule has 2 aromatic rings. The Bertz CT molecular complexity index is 919. The summed E-state index contributed by atoms with van der Waals surface area (Å²) in [6, 6.07) is 16.2. The van der Waals surface area contributed by atoms with E-state index in [1.807, 2.05) is 12.1 Å². The fourth-order valence-corrected chi connectivity index (χ4v) is 6.83. The number of methoxy groups -OCH3 is 1. The summed E-state index contributed by atoms with van der Waals surface area (Å²) >= 11 is 0. The number of fused-ring (bicyclic) bond motifs is 3. The van der Waals surface area contributed by atoms with Gasteiger partial charge >= 0.3 is 0 Å². The third-order valence-electron chi connectivity index (χ3n) is 8.72. The van der Waals surface area contributed by atoms with Crippen molar-refractivity contribution in [2.75, 3.05) is 13.7 Å². The molecule has 0 radical (unpaired) electrons. The molecule has 0 bridgehead atoms. The number of benzene rings is 2. The second kappa shape index (κ2) is 13.3. The molecule has 0 spiro atoms. The van der Waals surface area contributed by atoms with Gasteiger partial charge in [-0.3, -0.25) is 0 Å². The summed E-state index contributed by atoms with van der Waals surface area (Å²) in [4.78, 5) is 0. The van der Waals surface area contributed by atoms with Crippen LogP contribution in [0.3, 0.4) is 0 Å². The largest absolute Gasteiger partial charge is 0.497 e. The van der Waals surface area contributed by atoms with Crippen molar-refractivity contribution in [3.05, 3.63) is 64.7 Å². The lowest BCUT2D eigenvalue weighted by atomic mass is 9.53. The molecule has 0 aliphatic heterocycles. The molecule has 0 aromatic heterocycles. The molecule has 5 heteroatoms. The highest BCUT2D eigenvalue weighted by molar-refractivity contribution is 5.85. The Balaban J connectivity index is 0.00000216. The third kappa shape index (κ3) is 6.55. The summed E-state index contributed by atoms with van der Waals surface area (Å²) in [5.74, 6) is 2.40. The predicted molar refractivity (Wildman–Crippen MR) is 153 cm³/mol. The van der Waals surface area contributed by atoms with Crippen LogP contribution in [0.5, 0.6) is 5.75 Å². The molecule has 1 fully saturated rings. The van der Waals surface area contributed by atoms with Crippen molar-refractivity contribution in [3.63, 3.8) is 0 Å². The molecule has 4 rings (SSSR count). The monoisotopic (exact) mass is 520 g/mol. The Morgan fingerprint density at radius 1 is 1.11 bits per heavy atom. The average molecular weight is 522 g/mol. The molecule has 3 nitrogen and oxygen atoms in total. The van der Waals surface area contributed by atoms with Gasteiger partial charge in [-0.05, 0) is 104 Å². The summed E-state index contributed by atoms with van der Waals surface area (Å²) in [6.07, 6.45) is 9.99. The maximum Gasteiger partial charge on any atom is 0.118 e. The first-order valence-electron chi connectivity index (χ1n) is 13.2. The predicted octanol–water partition coefficient (Wildman–Crippen LogP) is 7.18. The van der Waals surface area contributed by atoms with Gasteiger partial charge in [0.15, 0.2) is 0 Å². The van der Waals surface area contributed by atoms with Crippen molar-refractivity contribution in [3.8, 4) is 5.75 Å². The molecule has 5 atom stereocenters. The number of halogens is 2. The first-order chi connectivity index (χ1) is 16.0. The molecule has 5 unspecified atom stereocenters. The van der Waals surface area contributed by atoms with E-state index >= 15 is 0 Å². The molecule has 2 aromatic carbocycles. The lowest BCUT2D eigenvalue weighted by molar-refractivity contribution is 0.0828. The highest BCUT2D eigenvalue weighted by Crippen LogP contribution is 2.53. The fourth-order valence-electron chi connectivity index (χ4n) is 6.83. The molecule has 2 aliphatic carbocycles. The zero-order valence-corrected chi connectivity index (χ0v) is 23.6. The summed E-state index contributed by atoms with van der Waals surface area (Å²) < 4.78 is 5.27. The Morgan fingerprint density at radius 2 is 1.86 bits per heavy atom. The van der Waals surface area contributed by atoms with Crippen LogP contribution in [0.1, 0.15) is 87.6 Å². The Morgan fingerprint density at radius 3 is 2.54 bits per heavy atom. The van der Waals surface area contributed by atoms with Crippen molar-refractivity contribution in [1.82, 2.24) is 5.32 Å². The topological polar surface area (TPSA) is 47.3 Å². The minimum absolute atomic E-state index is 0. The van der Waals surface area contributed by atoms with Crippen LogP contribution < -0.4 is 15.8 Å². The maximum atomic E-state index is 6.48. The van der Waals surface area contributed by atoms with Gasteiger partial charge in [0.1, 0.15) is 5.75 Å². The van der Waals surface area contributed by atoms with E-state index in [0.29, 0.717) is 11.5 Å². The third-order valence-corrected chi connectivity index (χ3v) is 8.72.